The van der Waals surface area contributed by atoms with E-state index >= 15 is 0 Å². The van der Waals surface area contributed by atoms with Crippen molar-refractivity contribution < 1.29 is 4.79 Å². The number of nitrogens with two attached hydrogens (primary N) is 1. The zero-order valence-corrected chi connectivity index (χ0v) is 9.71. The third-order valence-electron chi connectivity index (χ3n) is 1.71. The molecule has 1 rings (SSSR count). The highest BCUT2D eigenvalue weighted by Crippen LogP contribution is 2.18. The minimum atomic E-state index is -0.474. The Bertz CT molecular complexity index is 371. The van der Waals surface area contributed by atoms with E-state index in [4.69, 9.17) is 17.3 Å². The topological polar surface area (TPSA) is 92.9 Å². The number of carbonyl (C=O) groups is 1. The summed E-state index contributed by atoms with van der Waals surface area (Å²) in [4.78, 5) is 18.7. The smallest absolute Gasteiger partial charge is 0.236 e. The molecular formula is C9H14ClN5O. The van der Waals surface area contributed by atoms with Gasteiger partial charge in [0.2, 0.25) is 11.9 Å². The molecule has 0 aliphatic carbocycles. The summed E-state index contributed by atoms with van der Waals surface area (Å²) in [6.07, 6.45) is 2.44. The molecule has 0 aliphatic rings. The van der Waals surface area contributed by atoms with Crippen molar-refractivity contribution in [3.63, 3.8) is 0 Å². The number of carbonyl (C=O) groups excluding carboxylic acids is 1. The van der Waals surface area contributed by atoms with Gasteiger partial charge in [0.25, 0.3) is 0 Å². The molecule has 0 spiro atoms. The number of nitrogens with one attached hydrogen (secondary N) is 2. The first kappa shape index (κ1) is 12.5. The Labute approximate surface area is 98.6 Å². The van der Waals surface area contributed by atoms with Gasteiger partial charge in [0, 0.05) is 6.54 Å². The van der Waals surface area contributed by atoms with Crippen molar-refractivity contribution in [2.45, 2.75) is 13.3 Å². The number of hydrogen-bond acceptors (Lipinski definition) is 5. The van der Waals surface area contributed by atoms with Crippen LogP contribution in [-0.4, -0.2) is 29.0 Å². The number of rotatable bonds is 6. The summed E-state index contributed by atoms with van der Waals surface area (Å²) in [5.74, 6) is 0.394. The van der Waals surface area contributed by atoms with Crippen molar-refractivity contribution in [3.05, 3.63) is 11.2 Å². The molecule has 0 aromatic carbocycles. The first-order valence-corrected chi connectivity index (χ1v) is 5.30. The van der Waals surface area contributed by atoms with Gasteiger partial charge in [0.15, 0.2) is 5.82 Å². The highest BCUT2D eigenvalue weighted by Gasteiger charge is 2.05. The van der Waals surface area contributed by atoms with Crippen LogP contribution in [0.25, 0.3) is 0 Å². The molecule has 0 unspecified atom stereocenters. The van der Waals surface area contributed by atoms with E-state index in [9.17, 15) is 4.79 Å². The molecule has 0 atom stereocenters. The Balaban J connectivity index is 2.69. The van der Waals surface area contributed by atoms with Crippen LogP contribution in [0.3, 0.4) is 0 Å². The van der Waals surface area contributed by atoms with Crippen LogP contribution < -0.4 is 16.4 Å². The molecule has 1 amide bonds. The molecule has 0 aliphatic heterocycles. The van der Waals surface area contributed by atoms with Crippen LogP contribution in [0, 0.1) is 0 Å². The van der Waals surface area contributed by atoms with E-state index in [1.54, 1.807) is 0 Å². The quantitative estimate of drug-likeness (QED) is 0.689. The highest BCUT2D eigenvalue weighted by atomic mass is 35.5. The Morgan fingerprint density at radius 3 is 2.94 bits per heavy atom. The van der Waals surface area contributed by atoms with Gasteiger partial charge in [-0.1, -0.05) is 18.5 Å². The van der Waals surface area contributed by atoms with E-state index in [1.165, 1.54) is 6.20 Å². The largest absolute Gasteiger partial charge is 0.368 e. The summed E-state index contributed by atoms with van der Waals surface area (Å²) < 4.78 is 0. The Hall–Kier alpha value is -1.56. The molecule has 6 nitrogen and oxygen atoms in total. The maximum Gasteiger partial charge on any atom is 0.236 e. The Morgan fingerprint density at radius 1 is 1.56 bits per heavy atom. The second kappa shape index (κ2) is 6.12. The molecule has 1 aromatic heterocycles. The zero-order valence-electron chi connectivity index (χ0n) is 8.96. The molecule has 0 fully saturated rings. The molecule has 4 N–H and O–H groups in total. The molecule has 0 bridgehead atoms. The lowest BCUT2D eigenvalue weighted by Crippen LogP contribution is -2.22. The lowest BCUT2D eigenvalue weighted by Gasteiger charge is -2.08. The summed E-state index contributed by atoms with van der Waals surface area (Å²) >= 11 is 5.85. The second-order valence-corrected chi connectivity index (χ2v) is 3.54. The Kier molecular flexibility index (Phi) is 4.78. The van der Waals surface area contributed by atoms with Gasteiger partial charge in [0.05, 0.1) is 12.7 Å². The van der Waals surface area contributed by atoms with Gasteiger partial charge < -0.3 is 16.4 Å². The molecule has 7 heteroatoms. The van der Waals surface area contributed by atoms with Gasteiger partial charge in [0.1, 0.15) is 5.02 Å². The SMILES string of the molecule is CCCNc1ncc(Cl)c(NCC(N)=O)n1. The molecule has 1 heterocycles. The highest BCUT2D eigenvalue weighted by molar-refractivity contribution is 6.32. The van der Waals surface area contributed by atoms with E-state index in [1.807, 2.05) is 6.92 Å². The molecule has 0 saturated carbocycles. The summed E-state index contributed by atoms with van der Waals surface area (Å²) in [6.45, 7) is 2.80. The van der Waals surface area contributed by atoms with Gasteiger partial charge in [-0.25, -0.2) is 4.98 Å². The average Bonchev–Trinajstić information content (AvgIpc) is 2.26. The van der Waals surface area contributed by atoms with Crippen molar-refractivity contribution in [1.29, 1.82) is 0 Å². The molecule has 16 heavy (non-hydrogen) atoms. The molecular weight excluding hydrogens is 230 g/mol. The number of amides is 1. The minimum Gasteiger partial charge on any atom is -0.368 e. The van der Waals surface area contributed by atoms with Crippen molar-refractivity contribution in [2.24, 2.45) is 5.73 Å². The fourth-order valence-corrected chi connectivity index (χ4v) is 1.14. The van der Waals surface area contributed by atoms with Crippen LogP contribution in [-0.2, 0) is 4.79 Å². The minimum absolute atomic E-state index is 0.00997. The van der Waals surface area contributed by atoms with Crippen LogP contribution in [0.1, 0.15) is 13.3 Å². The average molecular weight is 244 g/mol. The number of primary amides is 1. The Morgan fingerprint density at radius 2 is 2.31 bits per heavy atom. The number of aromatic nitrogens is 2. The summed E-state index contributed by atoms with van der Waals surface area (Å²) in [5.41, 5.74) is 5.01. The fourth-order valence-electron chi connectivity index (χ4n) is 0.984. The second-order valence-electron chi connectivity index (χ2n) is 3.14. The summed E-state index contributed by atoms with van der Waals surface area (Å²) in [7, 11) is 0. The van der Waals surface area contributed by atoms with Crippen molar-refractivity contribution in [2.75, 3.05) is 23.7 Å². The maximum absolute atomic E-state index is 10.6. The first-order valence-electron chi connectivity index (χ1n) is 4.92. The van der Waals surface area contributed by atoms with Crippen LogP contribution in [0.15, 0.2) is 6.20 Å². The van der Waals surface area contributed by atoms with E-state index in [2.05, 4.69) is 20.6 Å². The van der Waals surface area contributed by atoms with Gasteiger partial charge in [-0.2, -0.15) is 4.98 Å². The van der Waals surface area contributed by atoms with Crippen LogP contribution >= 0.6 is 11.6 Å². The van der Waals surface area contributed by atoms with Crippen LogP contribution in [0.5, 0.6) is 0 Å². The first-order chi connectivity index (χ1) is 7.63. The van der Waals surface area contributed by atoms with Gasteiger partial charge in [-0.15, -0.1) is 0 Å². The van der Waals surface area contributed by atoms with E-state index in [-0.39, 0.29) is 6.54 Å². The maximum atomic E-state index is 10.6. The number of anilines is 2. The molecule has 1 aromatic rings. The third-order valence-corrected chi connectivity index (χ3v) is 1.98. The van der Waals surface area contributed by atoms with E-state index in [0.717, 1.165) is 13.0 Å². The van der Waals surface area contributed by atoms with Crippen LogP contribution in [0.2, 0.25) is 5.02 Å². The lowest BCUT2D eigenvalue weighted by molar-refractivity contribution is -0.116. The van der Waals surface area contributed by atoms with Crippen molar-refractivity contribution >= 4 is 29.3 Å². The van der Waals surface area contributed by atoms with Gasteiger partial charge in [-0.3, -0.25) is 4.79 Å². The van der Waals surface area contributed by atoms with Crippen LogP contribution in [0.4, 0.5) is 11.8 Å². The monoisotopic (exact) mass is 243 g/mol. The fraction of sp³-hybridized carbons (Fsp3) is 0.444. The number of halogens is 1. The predicted octanol–water partition coefficient (Wildman–Crippen LogP) is 0.849. The number of nitrogens with zero attached hydrogens (tertiary/aromatic N) is 2. The zero-order chi connectivity index (χ0) is 12.0. The summed E-state index contributed by atoms with van der Waals surface area (Å²) in [6, 6.07) is 0. The molecule has 0 radical (unpaired) electrons. The van der Waals surface area contributed by atoms with Gasteiger partial charge in [-0.05, 0) is 6.42 Å². The lowest BCUT2D eigenvalue weighted by atomic mass is 10.5. The summed E-state index contributed by atoms with van der Waals surface area (Å²) in [5, 5.41) is 6.09. The van der Waals surface area contributed by atoms with Crippen molar-refractivity contribution in [1.82, 2.24) is 9.97 Å². The predicted molar refractivity (Wildman–Crippen MR) is 63.5 cm³/mol. The number of hydrogen-bond donors (Lipinski definition) is 3. The molecule has 0 saturated heterocycles. The van der Waals surface area contributed by atoms with Crippen molar-refractivity contribution in [3.8, 4) is 0 Å². The standard InChI is InChI=1S/C9H14ClN5O/c1-2-3-12-9-14-4-6(10)8(15-9)13-5-7(11)16/h4H,2-3,5H2,1H3,(H2,11,16)(H2,12,13,14,15). The third kappa shape index (κ3) is 3.90. The van der Waals surface area contributed by atoms with E-state index < -0.39 is 5.91 Å². The van der Waals surface area contributed by atoms with E-state index in [0.29, 0.717) is 16.8 Å². The molecule has 88 valence electrons. The van der Waals surface area contributed by atoms with Gasteiger partial charge >= 0.3 is 0 Å². The normalized spacial score (nSPS) is 9.88.